The van der Waals surface area contributed by atoms with Crippen molar-refractivity contribution in [2.45, 2.75) is 20.3 Å². The van der Waals surface area contributed by atoms with E-state index in [1.54, 1.807) is 0 Å². The number of ether oxygens (including phenoxy) is 1. The number of nitrogens with zero attached hydrogens (tertiary/aromatic N) is 2. The van der Waals surface area contributed by atoms with Crippen molar-refractivity contribution in [3.05, 3.63) is 16.5 Å². The van der Waals surface area contributed by atoms with Crippen molar-refractivity contribution >= 4 is 17.5 Å². The Kier molecular flexibility index (Phi) is 4.49. The molecule has 6 heteroatoms. The standard InChI is InChI=1S/C8H8ClN3O2.C2H6/c1-14-7-5-4(11-8(9)12-7)2-3-10-6(5)13;1-2/h2-3H2,1H3,(H,10,13);1-2H3. The minimum atomic E-state index is -0.209. The molecule has 0 radical (unpaired) electrons. The maximum Gasteiger partial charge on any atom is 0.258 e. The number of hydrogen-bond donors (Lipinski definition) is 1. The van der Waals surface area contributed by atoms with Gasteiger partial charge >= 0.3 is 0 Å². The highest BCUT2D eigenvalue weighted by molar-refractivity contribution is 6.28. The first kappa shape index (κ1) is 12.7. The van der Waals surface area contributed by atoms with Gasteiger partial charge in [0.05, 0.1) is 12.8 Å². The van der Waals surface area contributed by atoms with Gasteiger partial charge in [-0.3, -0.25) is 4.79 Å². The Morgan fingerprint density at radius 2 is 2.06 bits per heavy atom. The summed E-state index contributed by atoms with van der Waals surface area (Å²) in [4.78, 5) is 19.3. The van der Waals surface area contributed by atoms with Gasteiger partial charge in [-0.2, -0.15) is 4.98 Å². The molecule has 0 saturated heterocycles. The topological polar surface area (TPSA) is 64.1 Å². The molecule has 0 aromatic carbocycles. The number of rotatable bonds is 1. The molecule has 16 heavy (non-hydrogen) atoms. The lowest BCUT2D eigenvalue weighted by Crippen LogP contribution is -2.33. The first-order valence-corrected chi connectivity index (χ1v) is 5.48. The predicted molar refractivity (Wildman–Crippen MR) is 61.0 cm³/mol. The number of nitrogens with one attached hydrogen (secondary N) is 1. The molecule has 2 rings (SSSR count). The van der Waals surface area contributed by atoms with E-state index in [1.807, 2.05) is 13.8 Å². The average molecular weight is 244 g/mol. The van der Waals surface area contributed by atoms with Crippen LogP contribution in [-0.4, -0.2) is 29.5 Å². The molecule has 1 amide bonds. The molecule has 0 bridgehead atoms. The Balaban J connectivity index is 0.000000606. The first-order chi connectivity index (χ1) is 7.72. The highest BCUT2D eigenvalue weighted by Gasteiger charge is 2.24. The van der Waals surface area contributed by atoms with E-state index in [2.05, 4.69) is 15.3 Å². The fourth-order valence-corrected chi connectivity index (χ4v) is 1.57. The van der Waals surface area contributed by atoms with Crippen LogP contribution in [0.2, 0.25) is 5.28 Å². The van der Waals surface area contributed by atoms with Crippen LogP contribution in [0.25, 0.3) is 0 Å². The van der Waals surface area contributed by atoms with E-state index in [1.165, 1.54) is 7.11 Å². The van der Waals surface area contributed by atoms with E-state index < -0.39 is 0 Å². The van der Waals surface area contributed by atoms with Crippen LogP contribution in [0.5, 0.6) is 5.88 Å². The molecule has 0 saturated carbocycles. The lowest BCUT2D eigenvalue weighted by Gasteiger charge is -2.16. The first-order valence-electron chi connectivity index (χ1n) is 5.11. The summed E-state index contributed by atoms with van der Waals surface area (Å²) in [5.41, 5.74) is 1.04. The number of carbonyl (C=O) groups excluding carboxylic acids is 1. The van der Waals surface area contributed by atoms with Gasteiger partial charge in [0, 0.05) is 13.0 Å². The molecule has 0 atom stereocenters. The third kappa shape index (κ3) is 2.41. The Morgan fingerprint density at radius 1 is 1.38 bits per heavy atom. The van der Waals surface area contributed by atoms with Crippen molar-refractivity contribution in [3.8, 4) is 5.88 Å². The zero-order valence-electron chi connectivity index (χ0n) is 9.50. The molecule has 0 fully saturated rings. The van der Waals surface area contributed by atoms with E-state index >= 15 is 0 Å². The van der Waals surface area contributed by atoms with Gasteiger partial charge in [-0.05, 0) is 11.6 Å². The fraction of sp³-hybridized carbons (Fsp3) is 0.500. The minimum Gasteiger partial charge on any atom is -0.480 e. The summed E-state index contributed by atoms with van der Waals surface area (Å²) in [6, 6.07) is 0. The van der Waals surface area contributed by atoms with Crippen LogP contribution < -0.4 is 10.1 Å². The number of amides is 1. The molecule has 1 aromatic rings. The molecule has 5 nitrogen and oxygen atoms in total. The normalized spacial score (nSPS) is 13.1. The number of halogens is 1. The summed E-state index contributed by atoms with van der Waals surface area (Å²) in [5, 5.41) is 2.80. The zero-order valence-corrected chi connectivity index (χ0v) is 10.3. The number of hydrogen-bond acceptors (Lipinski definition) is 4. The van der Waals surface area contributed by atoms with E-state index in [9.17, 15) is 4.79 Å². The second-order valence-corrected chi connectivity index (χ2v) is 3.17. The van der Waals surface area contributed by atoms with Crippen LogP contribution in [0.1, 0.15) is 29.9 Å². The van der Waals surface area contributed by atoms with Crippen molar-refractivity contribution in [2.75, 3.05) is 13.7 Å². The van der Waals surface area contributed by atoms with Gasteiger partial charge in [-0.25, -0.2) is 4.98 Å². The molecular formula is C10H14ClN3O2. The summed E-state index contributed by atoms with van der Waals surface area (Å²) in [5.74, 6) is 0.0250. The fourth-order valence-electron chi connectivity index (χ4n) is 1.39. The van der Waals surface area contributed by atoms with Crippen LogP contribution in [0.15, 0.2) is 0 Å². The molecule has 0 unspecified atom stereocenters. The van der Waals surface area contributed by atoms with E-state index in [0.29, 0.717) is 24.2 Å². The van der Waals surface area contributed by atoms with Gasteiger partial charge in [0.2, 0.25) is 11.2 Å². The van der Waals surface area contributed by atoms with Gasteiger partial charge < -0.3 is 10.1 Å². The van der Waals surface area contributed by atoms with E-state index in [-0.39, 0.29) is 17.1 Å². The highest BCUT2D eigenvalue weighted by atomic mass is 35.5. The van der Waals surface area contributed by atoms with Gasteiger partial charge in [-0.15, -0.1) is 0 Å². The van der Waals surface area contributed by atoms with Crippen LogP contribution in [0, 0.1) is 0 Å². The van der Waals surface area contributed by atoms with Crippen molar-refractivity contribution in [1.29, 1.82) is 0 Å². The number of carbonyl (C=O) groups is 1. The average Bonchev–Trinajstić information content (AvgIpc) is 2.30. The summed E-state index contributed by atoms with van der Waals surface area (Å²) in [6.07, 6.45) is 0.652. The second kappa shape index (κ2) is 5.65. The van der Waals surface area contributed by atoms with Crippen LogP contribution >= 0.6 is 11.6 Å². The Hall–Kier alpha value is -1.36. The van der Waals surface area contributed by atoms with Crippen molar-refractivity contribution in [1.82, 2.24) is 15.3 Å². The monoisotopic (exact) mass is 243 g/mol. The molecule has 1 aliphatic rings. The molecule has 0 aliphatic carbocycles. The van der Waals surface area contributed by atoms with E-state index in [0.717, 1.165) is 0 Å². The number of aromatic nitrogens is 2. The summed E-state index contributed by atoms with van der Waals surface area (Å²) >= 11 is 5.67. The third-order valence-corrected chi connectivity index (χ3v) is 2.16. The van der Waals surface area contributed by atoms with Crippen LogP contribution in [-0.2, 0) is 6.42 Å². The lowest BCUT2D eigenvalue weighted by molar-refractivity contribution is 0.0940. The predicted octanol–water partition coefficient (Wildman–Crippen LogP) is 1.45. The molecule has 2 heterocycles. The molecule has 1 aromatic heterocycles. The zero-order chi connectivity index (χ0) is 12.1. The summed E-state index contributed by atoms with van der Waals surface area (Å²) in [7, 11) is 1.45. The highest BCUT2D eigenvalue weighted by Crippen LogP contribution is 2.22. The molecule has 0 spiro atoms. The lowest BCUT2D eigenvalue weighted by atomic mass is 10.1. The molecular weight excluding hydrogens is 230 g/mol. The molecule has 1 N–H and O–H groups in total. The Bertz CT molecular complexity index is 379. The SMILES string of the molecule is CC.COc1nc(Cl)nc2c1C(=O)NCC2. The molecule has 88 valence electrons. The second-order valence-electron chi connectivity index (χ2n) is 2.83. The van der Waals surface area contributed by atoms with Gasteiger partial charge in [0.1, 0.15) is 5.56 Å². The Morgan fingerprint density at radius 3 is 2.69 bits per heavy atom. The smallest absolute Gasteiger partial charge is 0.258 e. The summed E-state index contributed by atoms with van der Waals surface area (Å²) in [6.45, 7) is 4.57. The third-order valence-electron chi connectivity index (χ3n) is 1.99. The summed E-state index contributed by atoms with van der Waals surface area (Å²) < 4.78 is 4.97. The minimum absolute atomic E-state index is 0.107. The Labute approximate surface area is 99.2 Å². The maximum absolute atomic E-state index is 11.5. The van der Waals surface area contributed by atoms with Crippen LogP contribution in [0.4, 0.5) is 0 Å². The van der Waals surface area contributed by atoms with E-state index in [4.69, 9.17) is 16.3 Å². The van der Waals surface area contributed by atoms with Gasteiger partial charge in [0.25, 0.3) is 5.91 Å². The van der Waals surface area contributed by atoms with Crippen molar-refractivity contribution < 1.29 is 9.53 Å². The number of fused-ring (bicyclic) bond motifs is 1. The molecule has 1 aliphatic heterocycles. The van der Waals surface area contributed by atoms with Gasteiger partial charge in [-0.1, -0.05) is 13.8 Å². The van der Waals surface area contributed by atoms with Gasteiger partial charge in [0.15, 0.2) is 0 Å². The van der Waals surface area contributed by atoms with Crippen LogP contribution in [0.3, 0.4) is 0 Å². The maximum atomic E-state index is 11.5. The quantitative estimate of drug-likeness (QED) is 0.759. The largest absolute Gasteiger partial charge is 0.480 e. The van der Waals surface area contributed by atoms with Crippen molar-refractivity contribution in [2.24, 2.45) is 0 Å². The van der Waals surface area contributed by atoms with Crippen molar-refractivity contribution in [3.63, 3.8) is 0 Å². The number of methoxy groups -OCH3 is 1.